The minimum Gasteiger partial charge on any atom is -0.479 e. The van der Waals surface area contributed by atoms with E-state index in [2.05, 4.69) is 0 Å². The maximum Gasteiger partial charge on any atom is 0.379 e. The van der Waals surface area contributed by atoms with Crippen LogP contribution in [-0.4, -0.2) is 40.7 Å². The topological polar surface area (TPSA) is 37.3 Å². The molecule has 2 atom stereocenters. The summed E-state index contributed by atoms with van der Waals surface area (Å²) in [4.78, 5) is 9.96. The lowest BCUT2D eigenvalue weighted by Gasteiger charge is -2.25. The van der Waals surface area contributed by atoms with Gasteiger partial charge in [-0.05, 0) is 0 Å². The standard InChI is InChI=1S/C6H2F8O2/c7-1-3(8,2(15)16)5(11,12)6(13,14)4(1,9)10/h1H,(H,15,16). The summed E-state index contributed by atoms with van der Waals surface area (Å²) < 4.78 is 100.0. The van der Waals surface area contributed by atoms with Crippen molar-refractivity contribution in [1.29, 1.82) is 0 Å². The summed E-state index contributed by atoms with van der Waals surface area (Å²) in [6.07, 6.45) is -4.84. The molecule has 1 fully saturated rings. The number of aliphatic carboxylic acids is 1. The van der Waals surface area contributed by atoms with Crippen molar-refractivity contribution in [2.45, 2.75) is 29.6 Å². The van der Waals surface area contributed by atoms with Gasteiger partial charge in [-0.1, -0.05) is 0 Å². The third-order valence-corrected chi connectivity index (χ3v) is 2.25. The van der Waals surface area contributed by atoms with Crippen molar-refractivity contribution in [3.8, 4) is 0 Å². The Morgan fingerprint density at radius 2 is 1.31 bits per heavy atom. The highest BCUT2D eigenvalue weighted by molar-refractivity contribution is 5.81. The molecule has 0 bridgehead atoms. The third kappa shape index (κ3) is 0.950. The Morgan fingerprint density at radius 1 is 0.938 bits per heavy atom. The Kier molecular flexibility index (Phi) is 2.25. The minimum absolute atomic E-state index is 3.41. The minimum atomic E-state index is -6.42. The maximum atomic E-state index is 12.9. The van der Waals surface area contributed by atoms with Crippen LogP contribution in [0, 0.1) is 0 Å². The van der Waals surface area contributed by atoms with Crippen molar-refractivity contribution < 1.29 is 45.0 Å². The third-order valence-electron chi connectivity index (χ3n) is 2.25. The van der Waals surface area contributed by atoms with Crippen LogP contribution in [0.4, 0.5) is 35.1 Å². The van der Waals surface area contributed by atoms with Crippen LogP contribution in [0.2, 0.25) is 0 Å². The molecule has 1 rings (SSSR count). The molecule has 1 aliphatic carbocycles. The average Bonchev–Trinajstić information content (AvgIpc) is 2.18. The van der Waals surface area contributed by atoms with Gasteiger partial charge in [-0.15, -0.1) is 0 Å². The van der Waals surface area contributed by atoms with E-state index in [0.717, 1.165) is 0 Å². The summed E-state index contributed by atoms with van der Waals surface area (Å²) in [5, 5.41) is 7.88. The molecule has 0 aromatic rings. The molecule has 2 unspecified atom stereocenters. The molecule has 0 heterocycles. The van der Waals surface area contributed by atoms with Gasteiger partial charge in [0.05, 0.1) is 0 Å². The predicted molar refractivity (Wildman–Crippen MR) is 31.2 cm³/mol. The summed E-state index contributed by atoms with van der Waals surface area (Å²) in [5.74, 6) is -22.3. The van der Waals surface area contributed by atoms with Crippen LogP contribution in [0.3, 0.4) is 0 Å². The van der Waals surface area contributed by atoms with Crippen molar-refractivity contribution in [1.82, 2.24) is 0 Å². The maximum absolute atomic E-state index is 12.9. The van der Waals surface area contributed by atoms with E-state index in [0.29, 0.717) is 0 Å². The fourth-order valence-electron chi connectivity index (χ4n) is 1.25. The molecule has 1 aliphatic rings. The highest BCUT2D eigenvalue weighted by Crippen LogP contribution is 2.63. The van der Waals surface area contributed by atoms with Crippen LogP contribution in [-0.2, 0) is 4.79 Å². The van der Waals surface area contributed by atoms with E-state index >= 15 is 0 Å². The highest BCUT2D eigenvalue weighted by atomic mass is 19.4. The quantitative estimate of drug-likeness (QED) is 0.731. The van der Waals surface area contributed by atoms with Crippen LogP contribution in [0.5, 0.6) is 0 Å². The number of alkyl halides is 8. The van der Waals surface area contributed by atoms with E-state index in [1.54, 1.807) is 0 Å². The first-order chi connectivity index (χ1) is 6.85. The number of hydrogen-bond donors (Lipinski definition) is 1. The molecule has 1 saturated carbocycles. The molecule has 0 saturated heterocycles. The summed E-state index contributed by atoms with van der Waals surface area (Å²) in [6.45, 7) is 0. The Labute approximate surface area is 81.8 Å². The zero-order chi connectivity index (χ0) is 13.2. The molecule has 94 valence electrons. The molecule has 0 aromatic carbocycles. The van der Waals surface area contributed by atoms with E-state index in [-0.39, 0.29) is 0 Å². The first-order valence-electron chi connectivity index (χ1n) is 3.55. The molecule has 0 aromatic heterocycles. The Balaban J connectivity index is 3.54. The Morgan fingerprint density at radius 3 is 1.44 bits per heavy atom. The van der Waals surface area contributed by atoms with Gasteiger partial charge in [-0.2, -0.15) is 26.3 Å². The average molecular weight is 258 g/mol. The lowest BCUT2D eigenvalue weighted by molar-refractivity contribution is -0.288. The zero-order valence-electron chi connectivity index (χ0n) is 6.96. The molecule has 0 aliphatic heterocycles. The van der Waals surface area contributed by atoms with E-state index < -0.39 is 35.6 Å². The van der Waals surface area contributed by atoms with Crippen LogP contribution in [0.1, 0.15) is 0 Å². The number of carbonyl (C=O) groups is 1. The van der Waals surface area contributed by atoms with Gasteiger partial charge < -0.3 is 5.11 Å². The summed E-state index contributed by atoms with van der Waals surface area (Å²) in [7, 11) is 0. The summed E-state index contributed by atoms with van der Waals surface area (Å²) in [6, 6.07) is 0. The molecule has 10 heteroatoms. The number of carboxylic acids is 1. The van der Waals surface area contributed by atoms with Crippen LogP contribution >= 0.6 is 0 Å². The van der Waals surface area contributed by atoms with Gasteiger partial charge in [0.1, 0.15) is 0 Å². The van der Waals surface area contributed by atoms with Gasteiger partial charge in [0, 0.05) is 0 Å². The molecular formula is C6H2F8O2. The summed E-state index contributed by atoms with van der Waals surface area (Å²) in [5.41, 5.74) is -5.67. The van der Waals surface area contributed by atoms with E-state index in [9.17, 15) is 39.9 Å². The molecule has 16 heavy (non-hydrogen) atoms. The number of hydrogen-bond acceptors (Lipinski definition) is 1. The first kappa shape index (κ1) is 13.0. The molecular weight excluding hydrogens is 256 g/mol. The van der Waals surface area contributed by atoms with E-state index in [1.165, 1.54) is 0 Å². The van der Waals surface area contributed by atoms with Gasteiger partial charge in [-0.3, -0.25) is 0 Å². The molecule has 2 nitrogen and oxygen atoms in total. The normalized spacial score (nSPS) is 39.6. The fourth-order valence-corrected chi connectivity index (χ4v) is 1.25. The lowest BCUT2D eigenvalue weighted by atomic mass is 9.99. The fraction of sp³-hybridized carbons (Fsp3) is 0.833. The van der Waals surface area contributed by atoms with Crippen molar-refractivity contribution in [2.24, 2.45) is 0 Å². The SMILES string of the molecule is O=C(O)C1(F)C(F)C(F)(F)C(F)(F)C1(F)F. The Bertz CT molecular complexity index is 339. The van der Waals surface area contributed by atoms with E-state index in [4.69, 9.17) is 5.11 Å². The monoisotopic (exact) mass is 258 g/mol. The van der Waals surface area contributed by atoms with Gasteiger partial charge in [-0.25, -0.2) is 13.6 Å². The largest absolute Gasteiger partial charge is 0.479 e. The molecule has 1 N–H and O–H groups in total. The van der Waals surface area contributed by atoms with Gasteiger partial charge in [0.25, 0.3) is 0 Å². The van der Waals surface area contributed by atoms with Crippen LogP contribution in [0.25, 0.3) is 0 Å². The second kappa shape index (κ2) is 2.77. The van der Waals surface area contributed by atoms with E-state index in [1.807, 2.05) is 0 Å². The zero-order valence-corrected chi connectivity index (χ0v) is 6.96. The van der Waals surface area contributed by atoms with Crippen LogP contribution < -0.4 is 0 Å². The number of carboxylic acid groups (broad SMARTS) is 1. The number of rotatable bonds is 1. The van der Waals surface area contributed by atoms with Crippen molar-refractivity contribution in [3.05, 3.63) is 0 Å². The molecule has 0 amide bonds. The highest BCUT2D eigenvalue weighted by Gasteiger charge is 2.95. The van der Waals surface area contributed by atoms with Crippen molar-refractivity contribution >= 4 is 5.97 Å². The van der Waals surface area contributed by atoms with Crippen LogP contribution in [0.15, 0.2) is 0 Å². The molecule has 0 spiro atoms. The van der Waals surface area contributed by atoms with Gasteiger partial charge in [0.15, 0.2) is 0 Å². The second-order valence-corrected chi connectivity index (χ2v) is 3.15. The Hall–Kier alpha value is -1.09. The summed E-state index contributed by atoms with van der Waals surface area (Å²) >= 11 is 0. The lowest BCUT2D eigenvalue weighted by Crippen LogP contribution is -2.56. The molecule has 0 radical (unpaired) electrons. The van der Waals surface area contributed by atoms with Gasteiger partial charge >= 0.3 is 29.4 Å². The first-order valence-corrected chi connectivity index (χ1v) is 3.55. The smallest absolute Gasteiger partial charge is 0.379 e. The predicted octanol–water partition coefficient (Wildman–Crippen LogP) is 2.04. The van der Waals surface area contributed by atoms with Crippen molar-refractivity contribution in [3.63, 3.8) is 0 Å². The van der Waals surface area contributed by atoms with Gasteiger partial charge in [0.2, 0.25) is 6.17 Å². The van der Waals surface area contributed by atoms with Crippen molar-refractivity contribution in [2.75, 3.05) is 0 Å². The number of halogens is 8. The second-order valence-electron chi connectivity index (χ2n) is 3.15.